The summed E-state index contributed by atoms with van der Waals surface area (Å²) in [4.78, 5) is 12.0. The number of benzene rings is 1. The molecule has 0 heterocycles. The molecule has 118 valence electrons. The smallest absolute Gasteiger partial charge is 0.250 e. The lowest BCUT2D eigenvalue weighted by atomic mass is 9.94. The Morgan fingerprint density at radius 2 is 1.76 bits per heavy atom. The van der Waals surface area contributed by atoms with Crippen LogP contribution in [0.2, 0.25) is 0 Å². The third kappa shape index (κ3) is 5.88. The van der Waals surface area contributed by atoms with Crippen molar-refractivity contribution in [3.05, 3.63) is 29.3 Å². The second kappa shape index (κ2) is 7.08. The van der Waals surface area contributed by atoms with Gasteiger partial charge in [-0.2, -0.15) is 0 Å². The number of carbonyl (C=O) groups is 1. The van der Waals surface area contributed by atoms with Crippen molar-refractivity contribution in [1.29, 1.82) is 0 Å². The molecule has 0 aliphatic rings. The van der Waals surface area contributed by atoms with Gasteiger partial charge in [0.1, 0.15) is 6.61 Å². The maximum atomic E-state index is 12.0. The Bertz CT molecular complexity index is 484. The van der Waals surface area contributed by atoms with Gasteiger partial charge in [-0.05, 0) is 49.8 Å². The Labute approximate surface area is 129 Å². The van der Waals surface area contributed by atoms with E-state index in [2.05, 4.69) is 45.1 Å². The van der Waals surface area contributed by atoms with Gasteiger partial charge in [0.15, 0.2) is 0 Å². The topological polar surface area (TPSA) is 38.3 Å². The van der Waals surface area contributed by atoms with E-state index < -0.39 is 0 Å². The molecule has 0 spiro atoms. The average molecular weight is 291 g/mol. The number of ether oxygens (including phenoxy) is 1. The van der Waals surface area contributed by atoms with Crippen LogP contribution < -0.4 is 5.32 Å². The fourth-order valence-electron chi connectivity index (χ4n) is 2.00. The van der Waals surface area contributed by atoms with Crippen molar-refractivity contribution in [2.45, 2.75) is 65.9 Å². The monoisotopic (exact) mass is 291 g/mol. The average Bonchev–Trinajstić information content (AvgIpc) is 2.35. The van der Waals surface area contributed by atoms with E-state index in [1.165, 1.54) is 11.1 Å². The molecule has 1 aromatic rings. The van der Waals surface area contributed by atoms with Crippen molar-refractivity contribution < 1.29 is 9.53 Å². The highest BCUT2D eigenvalue weighted by molar-refractivity contribution is 5.92. The molecule has 0 aliphatic heterocycles. The summed E-state index contributed by atoms with van der Waals surface area (Å²) in [5.41, 5.74) is 3.05. The van der Waals surface area contributed by atoms with Crippen LogP contribution in [0.25, 0.3) is 0 Å². The maximum absolute atomic E-state index is 12.0. The largest absolute Gasteiger partial charge is 0.366 e. The first-order chi connectivity index (χ1) is 9.60. The summed E-state index contributed by atoms with van der Waals surface area (Å²) >= 11 is 0. The van der Waals surface area contributed by atoms with Crippen molar-refractivity contribution >= 4 is 11.6 Å². The molecule has 0 fully saturated rings. The fraction of sp³-hybridized carbons (Fsp3) is 0.611. The Kier molecular flexibility index (Phi) is 5.97. The van der Waals surface area contributed by atoms with Crippen LogP contribution >= 0.6 is 0 Å². The molecule has 0 bridgehead atoms. The van der Waals surface area contributed by atoms with Crippen molar-refractivity contribution in [3.63, 3.8) is 0 Å². The number of carbonyl (C=O) groups excluding carboxylic acids is 1. The van der Waals surface area contributed by atoms with Crippen LogP contribution in [0.5, 0.6) is 0 Å². The van der Waals surface area contributed by atoms with Crippen LogP contribution in [-0.2, 0) is 9.53 Å². The van der Waals surface area contributed by atoms with Crippen LogP contribution in [-0.4, -0.2) is 18.1 Å². The lowest BCUT2D eigenvalue weighted by molar-refractivity contribution is -0.125. The molecule has 0 aliphatic carbocycles. The highest BCUT2D eigenvalue weighted by atomic mass is 16.5. The van der Waals surface area contributed by atoms with Crippen molar-refractivity contribution in [2.24, 2.45) is 0 Å². The summed E-state index contributed by atoms with van der Waals surface area (Å²) in [7, 11) is 0. The standard InChI is InChI=1S/C18H29NO2/c1-12(2)14-8-9-16(15(10-14)13(3)4)19-17(20)11-21-18(5,6)7/h8-10,12-13H,11H2,1-7H3,(H,19,20). The number of anilines is 1. The number of nitrogens with one attached hydrogen (secondary N) is 1. The second-order valence-corrected chi connectivity index (χ2v) is 7.11. The first-order valence-electron chi connectivity index (χ1n) is 7.68. The quantitative estimate of drug-likeness (QED) is 0.855. The zero-order chi connectivity index (χ0) is 16.2. The third-order valence-corrected chi connectivity index (χ3v) is 3.27. The van der Waals surface area contributed by atoms with E-state index in [0.717, 1.165) is 5.69 Å². The summed E-state index contributed by atoms with van der Waals surface area (Å²) in [6.07, 6.45) is 0. The van der Waals surface area contributed by atoms with E-state index in [1.807, 2.05) is 26.8 Å². The number of hydrogen-bond donors (Lipinski definition) is 1. The van der Waals surface area contributed by atoms with Gasteiger partial charge < -0.3 is 10.1 Å². The summed E-state index contributed by atoms with van der Waals surface area (Å²) in [5, 5.41) is 2.97. The Hall–Kier alpha value is -1.35. The normalized spacial score (nSPS) is 12.0. The van der Waals surface area contributed by atoms with Crippen molar-refractivity contribution in [2.75, 3.05) is 11.9 Å². The Balaban J connectivity index is 2.85. The van der Waals surface area contributed by atoms with Crippen LogP contribution in [0, 0.1) is 0 Å². The molecule has 3 nitrogen and oxygen atoms in total. The van der Waals surface area contributed by atoms with E-state index in [-0.39, 0.29) is 18.1 Å². The van der Waals surface area contributed by atoms with Crippen LogP contribution in [0.4, 0.5) is 5.69 Å². The van der Waals surface area contributed by atoms with Gasteiger partial charge in [0.05, 0.1) is 5.60 Å². The van der Waals surface area contributed by atoms with Gasteiger partial charge in [0.25, 0.3) is 0 Å². The van der Waals surface area contributed by atoms with Gasteiger partial charge in [-0.3, -0.25) is 4.79 Å². The molecule has 0 unspecified atom stereocenters. The van der Waals surface area contributed by atoms with Crippen LogP contribution in [0.15, 0.2) is 18.2 Å². The zero-order valence-corrected chi connectivity index (χ0v) is 14.4. The Morgan fingerprint density at radius 3 is 2.24 bits per heavy atom. The summed E-state index contributed by atoms with van der Waals surface area (Å²) in [6, 6.07) is 6.27. The molecule has 0 saturated heterocycles. The first-order valence-corrected chi connectivity index (χ1v) is 7.68. The van der Waals surface area contributed by atoms with E-state index >= 15 is 0 Å². The highest BCUT2D eigenvalue weighted by Crippen LogP contribution is 2.28. The van der Waals surface area contributed by atoms with E-state index in [1.54, 1.807) is 0 Å². The van der Waals surface area contributed by atoms with Gasteiger partial charge in [-0.25, -0.2) is 0 Å². The molecule has 21 heavy (non-hydrogen) atoms. The summed E-state index contributed by atoms with van der Waals surface area (Å²) in [5.74, 6) is 0.739. The number of amides is 1. The van der Waals surface area contributed by atoms with Crippen LogP contribution in [0.3, 0.4) is 0 Å². The number of hydrogen-bond acceptors (Lipinski definition) is 2. The maximum Gasteiger partial charge on any atom is 0.250 e. The molecule has 0 radical (unpaired) electrons. The molecular formula is C18H29NO2. The molecule has 1 amide bonds. The van der Waals surface area contributed by atoms with E-state index in [0.29, 0.717) is 11.8 Å². The lowest BCUT2D eigenvalue weighted by Gasteiger charge is -2.20. The number of rotatable bonds is 5. The van der Waals surface area contributed by atoms with Gasteiger partial charge in [-0.1, -0.05) is 39.8 Å². The minimum Gasteiger partial charge on any atom is -0.366 e. The molecule has 0 saturated carbocycles. The summed E-state index contributed by atoms with van der Waals surface area (Å²) in [6.45, 7) is 14.5. The van der Waals surface area contributed by atoms with E-state index in [4.69, 9.17) is 4.74 Å². The molecular weight excluding hydrogens is 262 g/mol. The van der Waals surface area contributed by atoms with Gasteiger partial charge in [-0.15, -0.1) is 0 Å². The molecule has 1 rings (SSSR count). The molecule has 0 atom stereocenters. The predicted octanol–water partition coefficient (Wildman–Crippen LogP) is 4.69. The van der Waals surface area contributed by atoms with Crippen LogP contribution in [0.1, 0.15) is 71.4 Å². The SMILES string of the molecule is CC(C)c1ccc(NC(=O)COC(C)(C)C)c(C(C)C)c1. The predicted molar refractivity (Wildman–Crippen MR) is 89.0 cm³/mol. The van der Waals surface area contributed by atoms with Gasteiger partial charge in [0, 0.05) is 5.69 Å². The molecule has 3 heteroatoms. The highest BCUT2D eigenvalue weighted by Gasteiger charge is 2.15. The molecule has 0 aromatic heterocycles. The second-order valence-electron chi connectivity index (χ2n) is 7.11. The third-order valence-electron chi connectivity index (χ3n) is 3.27. The minimum absolute atomic E-state index is 0.0764. The first kappa shape index (κ1) is 17.7. The molecule has 1 aromatic carbocycles. The minimum atomic E-state index is -0.306. The fourth-order valence-corrected chi connectivity index (χ4v) is 2.00. The lowest BCUT2D eigenvalue weighted by Crippen LogP contribution is -2.27. The van der Waals surface area contributed by atoms with E-state index in [9.17, 15) is 4.79 Å². The van der Waals surface area contributed by atoms with Gasteiger partial charge >= 0.3 is 0 Å². The van der Waals surface area contributed by atoms with Gasteiger partial charge in [0.2, 0.25) is 5.91 Å². The Morgan fingerprint density at radius 1 is 1.14 bits per heavy atom. The zero-order valence-electron chi connectivity index (χ0n) is 14.4. The summed E-state index contributed by atoms with van der Waals surface area (Å²) < 4.78 is 5.51. The van der Waals surface area contributed by atoms with Crippen molar-refractivity contribution in [3.8, 4) is 0 Å². The van der Waals surface area contributed by atoms with Crippen molar-refractivity contribution in [1.82, 2.24) is 0 Å². The molecule has 1 N–H and O–H groups in total.